The monoisotopic (exact) mass is 306 g/mol. The summed E-state index contributed by atoms with van der Waals surface area (Å²) in [5, 5.41) is 1.05. The highest BCUT2D eigenvalue weighted by atomic mass is 32.1. The first-order valence-electron chi connectivity index (χ1n) is 7.09. The van der Waals surface area contributed by atoms with Crippen LogP contribution in [0.2, 0.25) is 0 Å². The van der Waals surface area contributed by atoms with Gasteiger partial charge in [0.2, 0.25) is 0 Å². The largest absolute Gasteiger partial charge is 0.493 e. The first-order valence-corrected chi connectivity index (χ1v) is 7.90. The van der Waals surface area contributed by atoms with Gasteiger partial charge in [-0.15, -0.1) is 11.3 Å². The van der Waals surface area contributed by atoms with E-state index in [-0.39, 0.29) is 6.04 Å². The molecule has 114 valence electrons. The molecule has 5 heteroatoms. The van der Waals surface area contributed by atoms with Crippen LogP contribution in [-0.2, 0) is 13.0 Å². The normalized spacial score (nSPS) is 12.2. The second kappa shape index (κ2) is 7.43. The van der Waals surface area contributed by atoms with Crippen LogP contribution in [0.1, 0.15) is 28.8 Å². The quantitative estimate of drug-likeness (QED) is 0.852. The van der Waals surface area contributed by atoms with Crippen molar-refractivity contribution in [3.8, 4) is 11.5 Å². The molecule has 0 bridgehead atoms. The van der Waals surface area contributed by atoms with Gasteiger partial charge in [0.15, 0.2) is 11.5 Å². The lowest BCUT2D eigenvalue weighted by atomic mass is 10.0. The van der Waals surface area contributed by atoms with Gasteiger partial charge in [-0.05, 0) is 37.5 Å². The van der Waals surface area contributed by atoms with Crippen LogP contribution in [0.25, 0.3) is 0 Å². The average Bonchev–Trinajstić information content (AvgIpc) is 2.91. The second-order valence-corrected chi connectivity index (χ2v) is 6.31. The third-order valence-corrected chi connectivity index (χ3v) is 4.18. The van der Waals surface area contributed by atoms with Gasteiger partial charge in [0.1, 0.15) is 6.61 Å². The Balaban J connectivity index is 2.05. The number of rotatable bonds is 7. The Morgan fingerprint density at radius 1 is 1.33 bits per heavy atom. The van der Waals surface area contributed by atoms with Crippen LogP contribution in [0.15, 0.2) is 24.4 Å². The lowest BCUT2D eigenvalue weighted by Crippen LogP contribution is -2.21. The molecule has 0 fully saturated rings. The van der Waals surface area contributed by atoms with Gasteiger partial charge in [-0.1, -0.05) is 13.0 Å². The molecule has 0 aliphatic rings. The summed E-state index contributed by atoms with van der Waals surface area (Å²) < 4.78 is 11.2. The van der Waals surface area contributed by atoms with Crippen LogP contribution in [-0.4, -0.2) is 18.1 Å². The van der Waals surface area contributed by atoms with Crippen molar-refractivity contribution in [2.24, 2.45) is 5.73 Å². The van der Waals surface area contributed by atoms with Crippen molar-refractivity contribution in [2.75, 3.05) is 7.11 Å². The fourth-order valence-corrected chi connectivity index (χ4v) is 2.73. The number of hydrogen-bond acceptors (Lipinski definition) is 5. The SMILES string of the molecule is CCC(N)Cc1ccc(OCc2cnc(C)s2)c(OC)c1. The summed E-state index contributed by atoms with van der Waals surface area (Å²) in [7, 11) is 1.66. The van der Waals surface area contributed by atoms with Crippen molar-refractivity contribution in [3.63, 3.8) is 0 Å². The number of hydrogen-bond donors (Lipinski definition) is 1. The minimum absolute atomic E-state index is 0.182. The number of thiazole rings is 1. The molecule has 0 aliphatic carbocycles. The molecule has 1 aromatic carbocycles. The van der Waals surface area contributed by atoms with Crippen LogP contribution in [0.5, 0.6) is 11.5 Å². The molecule has 2 aromatic rings. The molecule has 0 saturated carbocycles. The van der Waals surface area contributed by atoms with Crippen molar-refractivity contribution in [2.45, 2.75) is 39.3 Å². The Kier molecular flexibility index (Phi) is 5.59. The molecule has 1 atom stereocenters. The van der Waals surface area contributed by atoms with Crippen LogP contribution < -0.4 is 15.2 Å². The summed E-state index contributed by atoms with van der Waals surface area (Å²) in [5.74, 6) is 1.49. The maximum absolute atomic E-state index is 5.99. The number of methoxy groups -OCH3 is 1. The lowest BCUT2D eigenvalue weighted by molar-refractivity contribution is 0.287. The van der Waals surface area contributed by atoms with Gasteiger partial charge in [0, 0.05) is 12.2 Å². The van der Waals surface area contributed by atoms with Crippen LogP contribution in [0, 0.1) is 6.92 Å². The minimum Gasteiger partial charge on any atom is -0.493 e. The van der Waals surface area contributed by atoms with Gasteiger partial charge in [-0.3, -0.25) is 0 Å². The smallest absolute Gasteiger partial charge is 0.161 e. The van der Waals surface area contributed by atoms with Gasteiger partial charge < -0.3 is 15.2 Å². The fraction of sp³-hybridized carbons (Fsp3) is 0.438. The fourth-order valence-electron chi connectivity index (χ4n) is 2.03. The Bertz CT molecular complexity index is 583. The maximum atomic E-state index is 5.99. The zero-order valence-electron chi connectivity index (χ0n) is 12.8. The summed E-state index contributed by atoms with van der Waals surface area (Å²) in [6.07, 6.45) is 3.66. The van der Waals surface area contributed by atoms with E-state index < -0.39 is 0 Å². The van der Waals surface area contributed by atoms with E-state index >= 15 is 0 Å². The molecule has 0 amide bonds. The molecular formula is C16H22N2O2S. The Morgan fingerprint density at radius 3 is 2.76 bits per heavy atom. The first-order chi connectivity index (χ1) is 10.1. The highest BCUT2D eigenvalue weighted by Gasteiger charge is 2.09. The second-order valence-electron chi connectivity index (χ2n) is 4.99. The minimum atomic E-state index is 0.182. The molecule has 1 aromatic heterocycles. The maximum Gasteiger partial charge on any atom is 0.161 e. The number of ether oxygens (including phenoxy) is 2. The van der Waals surface area contributed by atoms with Gasteiger partial charge in [0.05, 0.1) is 17.0 Å². The Labute approximate surface area is 129 Å². The summed E-state index contributed by atoms with van der Waals surface area (Å²) in [4.78, 5) is 5.32. The van der Waals surface area contributed by atoms with E-state index in [0.717, 1.165) is 34.2 Å². The van der Waals surface area contributed by atoms with Crippen molar-refractivity contribution in [3.05, 3.63) is 39.8 Å². The number of nitrogens with two attached hydrogens (primary N) is 1. The lowest BCUT2D eigenvalue weighted by Gasteiger charge is -2.13. The molecule has 1 unspecified atom stereocenters. The molecule has 0 saturated heterocycles. The molecule has 2 N–H and O–H groups in total. The topological polar surface area (TPSA) is 57.4 Å². The van der Waals surface area contributed by atoms with E-state index in [9.17, 15) is 0 Å². The molecule has 0 radical (unpaired) electrons. The Morgan fingerprint density at radius 2 is 2.14 bits per heavy atom. The van der Waals surface area contributed by atoms with Crippen molar-refractivity contribution in [1.82, 2.24) is 4.98 Å². The highest BCUT2D eigenvalue weighted by Crippen LogP contribution is 2.29. The summed E-state index contributed by atoms with van der Waals surface area (Å²) in [6, 6.07) is 6.18. The third kappa shape index (κ3) is 4.44. The first kappa shape index (κ1) is 15.8. The van der Waals surface area contributed by atoms with Crippen LogP contribution >= 0.6 is 11.3 Å². The number of nitrogens with zero attached hydrogens (tertiary/aromatic N) is 1. The predicted molar refractivity (Wildman–Crippen MR) is 86.1 cm³/mol. The van der Waals surface area contributed by atoms with Gasteiger partial charge in [0.25, 0.3) is 0 Å². The zero-order chi connectivity index (χ0) is 15.2. The molecule has 4 nitrogen and oxygen atoms in total. The summed E-state index contributed by atoms with van der Waals surface area (Å²) >= 11 is 1.64. The molecule has 0 spiro atoms. The van der Waals surface area contributed by atoms with E-state index in [1.54, 1.807) is 18.4 Å². The molecule has 1 heterocycles. The van der Waals surface area contributed by atoms with Crippen LogP contribution in [0.3, 0.4) is 0 Å². The summed E-state index contributed by atoms with van der Waals surface area (Å²) in [5.41, 5.74) is 7.16. The molecule has 0 aliphatic heterocycles. The van der Waals surface area contributed by atoms with Crippen molar-refractivity contribution < 1.29 is 9.47 Å². The van der Waals surface area contributed by atoms with E-state index in [2.05, 4.69) is 11.9 Å². The summed E-state index contributed by atoms with van der Waals surface area (Å²) in [6.45, 7) is 4.59. The Hall–Kier alpha value is -1.59. The van der Waals surface area contributed by atoms with E-state index in [4.69, 9.17) is 15.2 Å². The van der Waals surface area contributed by atoms with Gasteiger partial charge in [-0.2, -0.15) is 0 Å². The molecule has 2 rings (SSSR count). The highest BCUT2D eigenvalue weighted by molar-refractivity contribution is 7.11. The van der Waals surface area contributed by atoms with Gasteiger partial charge >= 0.3 is 0 Å². The van der Waals surface area contributed by atoms with Crippen molar-refractivity contribution >= 4 is 11.3 Å². The standard InChI is InChI=1S/C16H22N2O2S/c1-4-13(17)7-12-5-6-15(16(8-12)19-3)20-10-14-9-18-11(2)21-14/h5-6,8-9,13H,4,7,10,17H2,1-3H3. The molecular weight excluding hydrogens is 284 g/mol. The van der Waals surface area contributed by atoms with E-state index in [1.165, 1.54) is 5.56 Å². The van der Waals surface area contributed by atoms with Crippen LogP contribution in [0.4, 0.5) is 0 Å². The molecule has 21 heavy (non-hydrogen) atoms. The van der Waals surface area contributed by atoms with E-state index in [1.807, 2.05) is 31.3 Å². The number of aryl methyl sites for hydroxylation is 1. The van der Waals surface area contributed by atoms with E-state index in [0.29, 0.717) is 6.61 Å². The van der Waals surface area contributed by atoms with Gasteiger partial charge in [-0.25, -0.2) is 4.98 Å². The average molecular weight is 306 g/mol. The predicted octanol–water partition coefficient (Wildman–Crippen LogP) is 3.32. The third-order valence-electron chi connectivity index (χ3n) is 3.29. The number of benzene rings is 1. The zero-order valence-corrected chi connectivity index (χ0v) is 13.6. The van der Waals surface area contributed by atoms with Crippen molar-refractivity contribution in [1.29, 1.82) is 0 Å². The number of aromatic nitrogens is 1.